The lowest BCUT2D eigenvalue weighted by Gasteiger charge is -2.39. The monoisotopic (exact) mass is 425 g/mol. The summed E-state index contributed by atoms with van der Waals surface area (Å²) < 4.78 is 7.80. The van der Waals surface area contributed by atoms with E-state index in [1.165, 1.54) is 13.3 Å². The number of nitrogens with zero attached hydrogens (tertiary/aromatic N) is 3. The summed E-state index contributed by atoms with van der Waals surface area (Å²) in [4.78, 5) is 8.24. The van der Waals surface area contributed by atoms with Gasteiger partial charge in [0, 0.05) is 12.7 Å². The molecule has 2 aliphatic rings. The number of aromatic nitrogens is 3. The summed E-state index contributed by atoms with van der Waals surface area (Å²) in [6.07, 6.45) is 0.521. The lowest BCUT2D eigenvalue weighted by atomic mass is 9.77. The number of aliphatic hydroxyl groups is 3. The predicted molar refractivity (Wildman–Crippen MR) is 114 cm³/mol. The summed E-state index contributed by atoms with van der Waals surface area (Å²) in [5, 5.41) is 38.0. The van der Waals surface area contributed by atoms with Crippen molar-refractivity contribution in [3.63, 3.8) is 0 Å². The van der Waals surface area contributed by atoms with Gasteiger partial charge in [0.05, 0.1) is 5.39 Å². The van der Waals surface area contributed by atoms with E-state index in [0.29, 0.717) is 29.0 Å². The minimum atomic E-state index is -1.73. The van der Waals surface area contributed by atoms with Crippen LogP contribution in [0.2, 0.25) is 0 Å². The van der Waals surface area contributed by atoms with Crippen LogP contribution in [0, 0.1) is 0 Å². The van der Waals surface area contributed by atoms with E-state index in [0.717, 1.165) is 24.1 Å². The minimum Gasteiger partial charge on any atom is -0.385 e. The Morgan fingerprint density at radius 3 is 2.94 bits per heavy atom. The molecule has 1 unspecified atom stereocenters. The Hall–Kier alpha value is -2.56. The van der Waals surface area contributed by atoms with Crippen molar-refractivity contribution in [2.45, 2.75) is 56.5 Å². The summed E-state index contributed by atoms with van der Waals surface area (Å²) in [6.45, 7) is 4.61. The van der Waals surface area contributed by atoms with E-state index in [2.05, 4.69) is 21.4 Å². The molecule has 5 atom stereocenters. The van der Waals surface area contributed by atoms with Crippen LogP contribution < -0.4 is 11.1 Å². The quantitative estimate of drug-likeness (QED) is 0.411. The van der Waals surface area contributed by atoms with Gasteiger partial charge in [-0.2, -0.15) is 0 Å². The third kappa shape index (κ3) is 2.96. The van der Waals surface area contributed by atoms with Gasteiger partial charge in [0.15, 0.2) is 6.23 Å². The number of nitrogens with one attached hydrogen (secondary N) is 1. The standard InChI is InChI=1S/C22H27N5O4/c1-21(29,15-5-3-4-12-6-8-24-10-14(12)15)20-22(2,30)16(28)19(31-20)27-9-7-13-17(23)25-11-26-18(13)27/h3-5,7,9,11,16,19-20,24,28-30H,6,8,10H2,1-2H3,(H2,23,25,26)/t16-,19+,20+,21?,22-/m0/s1. The third-order valence-electron chi connectivity index (χ3n) is 6.69. The first-order chi connectivity index (χ1) is 14.7. The summed E-state index contributed by atoms with van der Waals surface area (Å²) in [5.41, 5.74) is 5.97. The molecule has 9 heteroatoms. The Morgan fingerprint density at radius 2 is 2.13 bits per heavy atom. The van der Waals surface area contributed by atoms with Crippen LogP contribution in [0.15, 0.2) is 36.8 Å². The maximum Gasteiger partial charge on any atom is 0.164 e. The molecule has 1 fully saturated rings. The van der Waals surface area contributed by atoms with Crippen LogP contribution in [0.1, 0.15) is 36.8 Å². The van der Waals surface area contributed by atoms with Crippen LogP contribution in [0.4, 0.5) is 5.82 Å². The molecule has 0 amide bonds. The van der Waals surface area contributed by atoms with Gasteiger partial charge in [-0.05, 0) is 49.6 Å². The summed E-state index contributed by atoms with van der Waals surface area (Å²) in [5.74, 6) is 0.315. The van der Waals surface area contributed by atoms with Gasteiger partial charge < -0.3 is 35.7 Å². The van der Waals surface area contributed by atoms with Crippen LogP contribution in [-0.2, 0) is 23.3 Å². The van der Waals surface area contributed by atoms with Crippen LogP contribution in [0.3, 0.4) is 0 Å². The first-order valence-electron chi connectivity index (χ1n) is 10.4. The maximum absolute atomic E-state index is 11.7. The molecule has 1 aromatic carbocycles. The molecule has 2 aromatic heterocycles. The predicted octanol–water partition coefficient (Wildman–Crippen LogP) is 0.576. The lowest BCUT2D eigenvalue weighted by molar-refractivity contribution is -0.162. The molecule has 31 heavy (non-hydrogen) atoms. The Balaban J connectivity index is 1.57. The van der Waals surface area contributed by atoms with Gasteiger partial charge in [-0.3, -0.25) is 0 Å². The number of fused-ring (bicyclic) bond motifs is 2. The number of hydrogen-bond acceptors (Lipinski definition) is 8. The third-order valence-corrected chi connectivity index (χ3v) is 6.69. The topological polar surface area (TPSA) is 139 Å². The molecular weight excluding hydrogens is 398 g/mol. The Labute approximate surface area is 179 Å². The summed E-state index contributed by atoms with van der Waals surface area (Å²) >= 11 is 0. The number of rotatable bonds is 3. The van der Waals surface area contributed by atoms with E-state index in [4.69, 9.17) is 10.5 Å². The first-order valence-corrected chi connectivity index (χ1v) is 10.4. The second kappa shape index (κ2) is 6.98. The largest absolute Gasteiger partial charge is 0.385 e. The number of aliphatic hydroxyl groups excluding tert-OH is 1. The van der Waals surface area contributed by atoms with Gasteiger partial charge in [-0.1, -0.05) is 18.2 Å². The maximum atomic E-state index is 11.7. The molecular formula is C22H27N5O4. The second-order valence-corrected chi connectivity index (χ2v) is 8.81. The number of ether oxygens (including phenoxy) is 1. The van der Waals surface area contributed by atoms with Crippen molar-refractivity contribution in [3.8, 4) is 0 Å². The van der Waals surface area contributed by atoms with Gasteiger partial charge in [0.25, 0.3) is 0 Å². The van der Waals surface area contributed by atoms with Crippen molar-refractivity contribution < 1.29 is 20.1 Å². The van der Waals surface area contributed by atoms with Crippen LogP contribution in [0.25, 0.3) is 11.0 Å². The van der Waals surface area contributed by atoms with E-state index in [1.807, 2.05) is 12.1 Å². The Morgan fingerprint density at radius 1 is 1.32 bits per heavy atom. The lowest BCUT2D eigenvalue weighted by Crippen LogP contribution is -2.54. The van der Waals surface area contributed by atoms with E-state index in [9.17, 15) is 15.3 Å². The second-order valence-electron chi connectivity index (χ2n) is 8.81. The van der Waals surface area contributed by atoms with E-state index in [1.54, 1.807) is 23.8 Å². The summed E-state index contributed by atoms with van der Waals surface area (Å²) in [6, 6.07) is 7.55. The smallest absolute Gasteiger partial charge is 0.164 e. The molecule has 5 rings (SSSR count). The van der Waals surface area contributed by atoms with Gasteiger partial charge in [-0.15, -0.1) is 0 Å². The molecule has 4 heterocycles. The Bertz CT molecular complexity index is 1140. The van der Waals surface area contributed by atoms with Crippen LogP contribution in [-0.4, -0.2) is 54.2 Å². The van der Waals surface area contributed by atoms with Crippen molar-refractivity contribution in [1.29, 1.82) is 0 Å². The molecule has 9 nitrogen and oxygen atoms in total. The van der Waals surface area contributed by atoms with Gasteiger partial charge >= 0.3 is 0 Å². The average Bonchev–Trinajstić information content (AvgIpc) is 3.27. The number of benzene rings is 1. The van der Waals surface area contributed by atoms with Gasteiger partial charge in [-0.25, -0.2) is 9.97 Å². The van der Waals surface area contributed by atoms with Gasteiger partial charge in [0.2, 0.25) is 0 Å². The normalized spacial score (nSPS) is 30.3. The fraction of sp³-hybridized carbons (Fsp3) is 0.455. The SMILES string of the molecule is CC(O)(c1cccc2c1CNCC2)[C@H]1O[C@@H](n2ccc3c(N)ncnc32)[C@H](O)[C@]1(C)O. The average molecular weight is 425 g/mol. The highest BCUT2D eigenvalue weighted by Crippen LogP contribution is 2.47. The van der Waals surface area contributed by atoms with Crippen molar-refractivity contribution >= 4 is 16.9 Å². The van der Waals surface area contributed by atoms with Crippen molar-refractivity contribution in [2.75, 3.05) is 12.3 Å². The van der Waals surface area contributed by atoms with Crippen LogP contribution >= 0.6 is 0 Å². The molecule has 0 bridgehead atoms. The molecule has 0 saturated carbocycles. The van der Waals surface area contributed by atoms with E-state index < -0.39 is 29.6 Å². The van der Waals surface area contributed by atoms with Crippen molar-refractivity contribution in [2.24, 2.45) is 0 Å². The fourth-order valence-corrected chi connectivity index (χ4v) is 5.04. The molecule has 1 saturated heterocycles. The zero-order chi connectivity index (χ0) is 22.0. The highest BCUT2D eigenvalue weighted by molar-refractivity contribution is 5.86. The number of nitrogens with two attached hydrogens (primary N) is 1. The summed E-state index contributed by atoms with van der Waals surface area (Å²) in [7, 11) is 0. The number of anilines is 1. The zero-order valence-electron chi connectivity index (χ0n) is 17.5. The highest BCUT2D eigenvalue weighted by Gasteiger charge is 2.60. The molecule has 3 aromatic rings. The Kier molecular flexibility index (Phi) is 4.58. The number of nitrogen functional groups attached to an aromatic ring is 1. The molecule has 0 spiro atoms. The molecule has 0 aliphatic carbocycles. The van der Waals surface area contributed by atoms with E-state index >= 15 is 0 Å². The fourth-order valence-electron chi connectivity index (χ4n) is 5.04. The molecule has 164 valence electrons. The van der Waals surface area contributed by atoms with E-state index in [-0.39, 0.29) is 0 Å². The van der Waals surface area contributed by atoms with Crippen molar-refractivity contribution in [3.05, 3.63) is 53.5 Å². The first kappa shape index (κ1) is 20.3. The zero-order valence-corrected chi connectivity index (χ0v) is 17.5. The number of hydrogen-bond donors (Lipinski definition) is 5. The molecule has 0 radical (unpaired) electrons. The highest BCUT2D eigenvalue weighted by atomic mass is 16.6. The van der Waals surface area contributed by atoms with Crippen molar-refractivity contribution in [1.82, 2.24) is 19.9 Å². The molecule has 6 N–H and O–H groups in total. The molecule has 2 aliphatic heterocycles. The minimum absolute atomic E-state index is 0.315. The van der Waals surface area contributed by atoms with Gasteiger partial charge in [0.1, 0.15) is 41.2 Å². The van der Waals surface area contributed by atoms with Crippen LogP contribution in [0.5, 0.6) is 0 Å².